The van der Waals surface area contributed by atoms with Crippen molar-refractivity contribution >= 4 is 11.8 Å². The Morgan fingerprint density at radius 3 is 2.43 bits per heavy atom. The third-order valence-corrected chi connectivity index (χ3v) is 3.69. The second kappa shape index (κ2) is 6.35. The Balaban J connectivity index is 1.75. The number of amides is 2. The summed E-state index contributed by atoms with van der Waals surface area (Å²) in [6.45, 7) is 0.145. The minimum Gasteiger partial charge on any atom is -0.353 e. The van der Waals surface area contributed by atoms with Crippen molar-refractivity contribution in [1.29, 1.82) is 5.26 Å². The van der Waals surface area contributed by atoms with E-state index in [9.17, 15) is 14.0 Å². The molecule has 1 aromatic carbocycles. The lowest BCUT2D eigenvalue weighted by atomic mass is 9.70. The number of nitrogens with one attached hydrogen (secondary N) is 2. The standard InChI is InChI=1S/C15H16FN3O2/c16-12-4-2-11(3-5-12)14(21)18-8-13(20)19-10-15(9-17)6-1-7-15/h2-5H,1,6-8,10H2,(H,18,21)(H,19,20). The highest BCUT2D eigenvalue weighted by atomic mass is 19.1. The number of nitrogens with zero attached hydrogens (tertiary/aromatic N) is 1. The fourth-order valence-electron chi connectivity index (χ4n) is 2.13. The summed E-state index contributed by atoms with van der Waals surface area (Å²) in [5.74, 6) is -1.21. The Labute approximate surface area is 122 Å². The van der Waals surface area contributed by atoms with Gasteiger partial charge in [0.15, 0.2) is 0 Å². The average Bonchev–Trinajstić information content (AvgIpc) is 2.45. The highest BCUT2D eigenvalue weighted by molar-refractivity contribution is 5.96. The van der Waals surface area contributed by atoms with E-state index < -0.39 is 17.1 Å². The summed E-state index contributed by atoms with van der Waals surface area (Å²) in [5, 5.41) is 14.1. The van der Waals surface area contributed by atoms with E-state index in [-0.39, 0.29) is 18.0 Å². The topological polar surface area (TPSA) is 82.0 Å². The number of carbonyl (C=O) groups is 2. The molecule has 0 aromatic heterocycles. The van der Waals surface area contributed by atoms with Crippen LogP contribution in [0.2, 0.25) is 0 Å². The molecule has 1 fully saturated rings. The molecular weight excluding hydrogens is 273 g/mol. The lowest BCUT2D eigenvalue weighted by Crippen LogP contribution is -2.44. The van der Waals surface area contributed by atoms with Crippen molar-refractivity contribution < 1.29 is 14.0 Å². The number of rotatable bonds is 5. The van der Waals surface area contributed by atoms with Gasteiger partial charge in [0, 0.05) is 12.1 Å². The average molecular weight is 289 g/mol. The third-order valence-electron chi connectivity index (χ3n) is 3.69. The first-order chi connectivity index (χ1) is 10.0. The van der Waals surface area contributed by atoms with Crippen molar-refractivity contribution in [1.82, 2.24) is 10.6 Å². The molecule has 1 saturated carbocycles. The first-order valence-electron chi connectivity index (χ1n) is 6.76. The maximum absolute atomic E-state index is 12.7. The van der Waals surface area contributed by atoms with Crippen LogP contribution in [0.15, 0.2) is 24.3 Å². The quantitative estimate of drug-likeness (QED) is 0.858. The van der Waals surface area contributed by atoms with E-state index in [1.54, 1.807) is 0 Å². The van der Waals surface area contributed by atoms with Gasteiger partial charge in [0.1, 0.15) is 5.82 Å². The van der Waals surface area contributed by atoms with Crippen LogP contribution in [0.4, 0.5) is 4.39 Å². The summed E-state index contributed by atoms with van der Waals surface area (Å²) >= 11 is 0. The van der Waals surface area contributed by atoms with Gasteiger partial charge < -0.3 is 10.6 Å². The second-order valence-electron chi connectivity index (χ2n) is 5.21. The smallest absolute Gasteiger partial charge is 0.251 e. The summed E-state index contributed by atoms with van der Waals surface area (Å²) in [5.41, 5.74) is -0.145. The monoisotopic (exact) mass is 289 g/mol. The SMILES string of the molecule is N#CC1(CNC(=O)CNC(=O)c2ccc(F)cc2)CCC1. The fourth-order valence-corrected chi connectivity index (χ4v) is 2.13. The molecule has 0 saturated heterocycles. The van der Waals surface area contributed by atoms with Gasteiger partial charge in [-0.25, -0.2) is 4.39 Å². The third kappa shape index (κ3) is 3.78. The molecule has 2 N–H and O–H groups in total. The summed E-state index contributed by atoms with van der Waals surface area (Å²) in [7, 11) is 0. The van der Waals surface area contributed by atoms with Crippen LogP contribution >= 0.6 is 0 Å². The van der Waals surface area contributed by atoms with Crippen molar-refractivity contribution in [2.45, 2.75) is 19.3 Å². The molecule has 6 heteroatoms. The molecule has 110 valence electrons. The number of halogens is 1. The molecule has 2 amide bonds. The van der Waals surface area contributed by atoms with Gasteiger partial charge in [0.05, 0.1) is 18.0 Å². The highest BCUT2D eigenvalue weighted by Gasteiger charge is 2.37. The molecule has 0 unspecified atom stereocenters. The van der Waals surface area contributed by atoms with Crippen LogP contribution in [0.1, 0.15) is 29.6 Å². The van der Waals surface area contributed by atoms with Crippen LogP contribution in [0.25, 0.3) is 0 Å². The van der Waals surface area contributed by atoms with Crippen LogP contribution < -0.4 is 10.6 Å². The molecule has 0 aliphatic heterocycles. The summed E-state index contributed by atoms with van der Waals surface area (Å²) in [6, 6.07) is 7.29. The zero-order chi connectivity index (χ0) is 15.3. The van der Waals surface area contributed by atoms with E-state index in [4.69, 9.17) is 5.26 Å². The van der Waals surface area contributed by atoms with Crippen LogP contribution in [0.3, 0.4) is 0 Å². The number of benzene rings is 1. The predicted molar refractivity (Wildman–Crippen MR) is 73.6 cm³/mol. The number of nitriles is 1. The van der Waals surface area contributed by atoms with Crippen molar-refractivity contribution in [3.05, 3.63) is 35.6 Å². The Bertz CT molecular complexity index is 574. The Kier molecular flexibility index (Phi) is 4.53. The highest BCUT2D eigenvalue weighted by Crippen LogP contribution is 2.39. The number of hydrogen-bond acceptors (Lipinski definition) is 3. The van der Waals surface area contributed by atoms with Gasteiger partial charge in [-0.05, 0) is 37.1 Å². The van der Waals surface area contributed by atoms with Crippen molar-refractivity contribution in [2.75, 3.05) is 13.1 Å². The van der Waals surface area contributed by atoms with E-state index >= 15 is 0 Å². The van der Waals surface area contributed by atoms with Gasteiger partial charge >= 0.3 is 0 Å². The molecule has 2 rings (SSSR count). The molecule has 0 atom stereocenters. The lowest BCUT2D eigenvalue weighted by Gasteiger charge is -2.35. The molecular formula is C15H16FN3O2. The Morgan fingerprint density at radius 1 is 1.24 bits per heavy atom. The molecule has 1 aliphatic carbocycles. The summed E-state index contributed by atoms with van der Waals surface area (Å²) < 4.78 is 12.7. The maximum atomic E-state index is 12.7. The zero-order valence-electron chi connectivity index (χ0n) is 11.5. The predicted octanol–water partition coefficient (Wildman–Crippen LogP) is 1.37. The van der Waals surface area contributed by atoms with E-state index in [0.29, 0.717) is 6.54 Å². The summed E-state index contributed by atoms with van der Waals surface area (Å²) in [4.78, 5) is 23.4. The molecule has 0 heterocycles. The number of hydrogen-bond donors (Lipinski definition) is 2. The molecule has 21 heavy (non-hydrogen) atoms. The minimum atomic E-state index is -0.441. The molecule has 1 aliphatic rings. The second-order valence-corrected chi connectivity index (χ2v) is 5.21. The van der Waals surface area contributed by atoms with Gasteiger partial charge in [0.25, 0.3) is 5.91 Å². The first-order valence-corrected chi connectivity index (χ1v) is 6.76. The van der Waals surface area contributed by atoms with Crippen LogP contribution in [0, 0.1) is 22.6 Å². The zero-order valence-corrected chi connectivity index (χ0v) is 11.5. The maximum Gasteiger partial charge on any atom is 0.251 e. The Hall–Kier alpha value is -2.42. The number of carbonyl (C=O) groups excluding carboxylic acids is 2. The van der Waals surface area contributed by atoms with Crippen LogP contribution in [0.5, 0.6) is 0 Å². The van der Waals surface area contributed by atoms with E-state index in [1.807, 2.05) is 0 Å². The molecule has 5 nitrogen and oxygen atoms in total. The normalized spacial score (nSPS) is 15.4. The fraction of sp³-hybridized carbons (Fsp3) is 0.400. The lowest BCUT2D eigenvalue weighted by molar-refractivity contribution is -0.120. The molecule has 0 radical (unpaired) electrons. The first kappa shape index (κ1) is 15.0. The Morgan fingerprint density at radius 2 is 1.90 bits per heavy atom. The van der Waals surface area contributed by atoms with Gasteiger partial charge in [-0.3, -0.25) is 9.59 Å². The van der Waals surface area contributed by atoms with Crippen molar-refractivity contribution in [2.24, 2.45) is 5.41 Å². The van der Waals surface area contributed by atoms with Gasteiger partial charge in [-0.1, -0.05) is 6.42 Å². The van der Waals surface area contributed by atoms with Crippen molar-refractivity contribution in [3.8, 4) is 6.07 Å². The molecule has 0 spiro atoms. The largest absolute Gasteiger partial charge is 0.353 e. The van der Waals surface area contributed by atoms with Gasteiger partial charge in [-0.15, -0.1) is 0 Å². The van der Waals surface area contributed by atoms with Crippen molar-refractivity contribution in [3.63, 3.8) is 0 Å². The van der Waals surface area contributed by atoms with E-state index in [0.717, 1.165) is 19.3 Å². The summed E-state index contributed by atoms with van der Waals surface area (Å²) in [6.07, 6.45) is 2.60. The van der Waals surface area contributed by atoms with Crippen LogP contribution in [-0.2, 0) is 4.79 Å². The minimum absolute atomic E-state index is 0.169. The van der Waals surface area contributed by atoms with E-state index in [1.165, 1.54) is 24.3 Å². The van der Waals surface area contributed by atoms with Gasteiger partial charge in [0.2, 0.25) is 5.91 Å². The molecule has 1 aromatic rings. The van der Waals surface area contributed by atoms with E-state index in [2.05, 4.69) is 16.7 Å². The van der Waals surface area contributed by atoms with Gasteiger partial charge in [-0.2, -0.15) is 5.26 Å². The molecule has 0 bridgehead atoms. The van der Waals surface area contributed by atoms with Crippen LogP contribution in [-0.4, -0.2) is 24.9 Å².